The minimum absolute atomic E-state index is 0.0474. The molecule has 128 valence electrons. The van der Waals surface area contributed by atoms with Gasteiger partial charge in [-0.3, -0.25) is 15.0 Å². The van der Waals surface area contributed by atoms with Gasteiger partial charge in [0.05, 0.1) is 12.2 Å². The number of anilines is 1. The highest BCUT2D eigenvalue weighted by Crippen LogP contribution is 2.35. The highest BCUT2D eigenvalue weighted by Gasteiger charge is 2.39. The molecule has 6 heteroatoms. The monoisotopic (exact) mass is 320 g/mol. The zero-order valence-corrected chi connectivity index (χ0v) is 14.3. The molecule has 3 N–H and O–H groups in total. The highest BCUT2D eigenvalue weighted by molar-refractivity contribution is 5.91. The Labute approximate surface area is 137 Å². The summed E-state index contributed by atoms with van der Waals surface area (Å²) >= 11 is 0. The van der Waals surface area contributed by atoms with Crippen molar-refractivity contribution in [2.45, 2.75) is 51.5 Å². The van der Waals surface area contributed by atoms with Crippen LogP contribution in [-0.4, -0.2) is 41.6 Å². The number of amides is 1. The van der Waals surface area contributed by atoms with E-state index in [-0.39, 0.29) is 11.3 Å². The van der Waals surface area contributed by atoms with Crippen LogP contribution < -0.4 is 11.1 Å². The number of fused-ring (bicyclic) bond motifs is 1. The Balaban J connectivity index is 1.53. The third-order valence-electron chi connectivity index (χ3n) is 5.14. The quantitative estimate of drug-likeness (QED) is 0.889. The fourth-order valence-corrected chi connectivity index (χ4v) is 3.81. The number of nitrogens with two attached hydrogens (primary N) is 1. The van der Waals surface area contributed by atoms with E-state index in [0.29, 0.717) is 30.3 Å². The largest absolute Gasteiger partial charge is 0.338 e. The van der Waals surface area contributed by atoms with Gasteiger partial charge in [-0.1, -0.05) is 32.3 Å². The molecule has 2 aliphatic rings. The van der Waals surface area contributed by atoms with Crippen LogP contribution >= 0.6 is 0 Å². The molecule has 3 atom stereocenters. The fourth-order valence-electron chi connectivity index (χ4n) is 3.81. The highest BCUT2D eigenvalue weighted by atomic mass is 16.5. The molecule has 3 rings (SSSR count). The SMILES string of the molecule is CC(C)(C)c1cc(NC(=O)CN2CC3CCCC(N)C3C2)on1. The van der Waals surface area contributed by atoms with Crippen molar-refractivity contribution >= 4 is 11.8 Å². The summed E-state index contributed by atoms with van der Waals surface area (Å²) in [7, 11) is 0. The Morgan fingerprint density at radius 1 is 1.43 bits per heavy atom. The number of rotatable bonds is 3. The van der Waals surface area contributed by atoms with E-state index in [9.17, 15) is 4.79 Å². The second kappa shape index (κ2) is 6.24. The van der Waals surface area contributed by atoms with E-state index in [2.05, 4.69) is 36.1 Å². The number of carbonyl (C=O) groups is 1. The number of nitrogens with one attached hydrogen (secondary N) is 1. The standard InChI is InChI=1S/C17H28N4O2/c1-17(2,3)14-7-16(23-20-14)19-15(22)10-21-8-11-5-4-6-13(18)12(11)9-21/h7,11-13H,4-6,8-10,18H2,1-3H3,(H,19,22). The van der Waals surface area contributed by atoms with Gasteiger partial charge in [0.15, 0.2) is 0 Å². The van der Waals surface area contributed by atoms with Gasteiger partial charge >= 0.3 is 0 Å². The summed E-state index contributed by atoms with van der Waals surface area (Å²) in [6.07, 6.45) is 3.58. The molecule has 1 aliphatic carbocycles. The van der Waals surface area contributed by atoms with Crippen LogP contribution in [0.2, 0.25) is 0 Å². The van der Waals surface area contributed by atoms with Crippen molar-refractivity contribution in [3.05, 3.63) is 11.8 Å². The average Bonchev–Trinajstić information content (AvgIpc) is 3.05. The van der Waals surface area contributed by atoms with Crippen LogP contribution in [-0.2, 0) is 10.2 Å². The molecular formula is C17H28N4O2. The van der Waals surface area contributed by atoms with Gasteiger partial charge < -0.3 is 10.3 Å². The predicted molar refractivity (Wildman–Crippen MR) is 89.1 cm³/mol. The van der Waals surface area contributed by atoms with Crippen molar-refractivity contribution in [1.82, 2.24) is 10.1 Å². The Morgan fingerprint density at radius 2 is 2.22 bits per heavy atom. The second-order valence-electron chi connectivity index (χ2n) is 8.09. The first-order valence-electron chi connectivity index (χ1n) is 8.58. The molecule has 1 aromatic heterocycles. The second-order valence-corrected chi connectivity index (χ2v) is 8.09. The van der Waals surface area contributed by atoms with Gasteiger partial charge in [-0.15, -0.1) is 0 Å². The van der Waals surface area contributed by atoms with Gasteiger partial charge in [-0.2, -0.15) is 0 Å². The first-order chi connectivity index (χ1) is 10.8. The molecule has 0 spiro atoms. The van der Waals surface area contributed by atoms with Gasteiger partial charge in [-0.05, 0) is 24.7 Å². The minimum Gasteiger partial charge on any atom is -0.338 e. The molecule has 3 unspecified atom stereocenters. The van der Waals surface area contributed by atoms with E-state index < -0.39 is 0 Å². The van der Waals surface area contributed by atoms with Gasteiger partial charge in [-0.25, -0.2) is 0 Å². The van der Waals surface area contributed by atoms with Gasteiger partial charge in [0.25, 0.3) is 0 Å². The van der Waals surface area contributed by atoms with Crippen molar-refractivity contribution in [2.24, 2.45) is 17.6 Å². The Kier molecular flexibility index (Phi) is 4.47. The molecule has 0 radical (unpaired) electrons. The maximum Gasteiger partial charge on any atom is 0.240 e. The fraction of sp³-hybridized carbons (Fsp3) is 0.765. The third-order valence-corrected chi connectivity index (χ3v) is 5.14. The number of hydrogen-bond acceptors (Lipinski definition) is 5. The van der Waals surface area contributed by atoms with Gasteiger partial charge in [0, 0.05) is 30.6 Å². The lowest BCUT2D eigenvalue weighted by molar-refractivity contribution is -0.117. The molecule has 1 aromatic rings. The van der Waals surface area contributed by atoms with Gasteiger partial charge in [0.2, 0.25) is 11.8 Å². The molecule has 0 bridgehead atoms. The Bertz CT molecular complexity index is 563. The maximum absolute atomic E-state index is 12.2. The molecule has 0 aromatic carbocycles. The molecule has 1 saturated carbocycles. The van der Waals surface area contributed by atoms with Crippen LogP contribution in [0.1, 0.15) is 45.7 Å². The number of carbonyl (C=O) groups excluding carboxylic acids is 1. The Morgan fingerprint density at radius 3 is 2.87 bits per heavy atom. The summed E-state index contributed by atoms with van der Waals surface area (Å²) in [4.78, 5) is 14.5. The summed E-state index contributed by atoms with van der Waals surface area (Å²) in [6.45, 7) is 8.49. The van der Waals surface area contributed by atoms with Crippen molar-refractivity contribution in [2.75, 3.05) is 25.0 Å². The number of nitrogens with zero attached hydrogens (tertiary/aromatic N) is 2. The van der Waals surface area contributed by atoms with Crippen LogP contribution in [0.3, 0.4) is 0 Å². The van der Waals surface area contributed by atoms with E-state index in [4.69, 9.17) is 10.3 Å². The minimum atomic E-state index is -0.0900. The third kappa shape index (κ3) is 3.75. The van der Waals surface area contributed by atoms with Crippen LogP contribution in [0.4, 0.5) is 5.88 Å². The summed E-state index contributed by atoms with van der Waals surface area (Å²) in [6, 6.07) is 2.10. The van der Waals surface area contributed by atoms with Crippen LogP contribution in [0.15, 0.2) is 10.6 Å². The van der Waals surface area contributed by atoms with E-state index in [1.54, 1.807) is 6.07 Å². The topological polar surface area (TPSA) is 84.4 Å². The molecule has 1 amide bonds. The maximum atomic E-state index is 12.2. The average molecular weight is 320 g/mol. The lowest BCUT2D eigenvalue weighted by Crippen LogP contribution is -2.38. The number of hydrogen-bond donors (Lipinski definition) is 2. The lowest BCUT2D eigenvalue weighted by Gasteiger charge is -2.29. The molecule has 1 saturated heterocycles. The van der Waals surface area contributed by atoms with Crippen molar-refractivity contribution in [3.63, 3.8) is 0 Å². The summed E-state index contributed by atoms with van der Waals surface area (Å²) in [5.41, 5.74) is 6.98. The zero-order chi connectivity index (χ0) is 16.6. The van der Waals surface area contributed by atoms with Crippen molar-refractivity contribution in [3.8, 4) is 0 Å². The first kappa shape index (κ1) is 16.5. The summed E-state index contributed by atoms with van der Waals surface area (Å²) < 4.78 is 5.22. The zero-order valence-electron chi connectivity index (χ0n) is 14.3. The predicted octanol–water partition coefficient (Wildman–Crippen LogP) is 1.97. The summed E-state index contributed by atoms with van der Waals surface area (Å²) in [5, 5.41) is 6.83. The normalized spacial score (nSPS) is 28.6. The van der Waals surface area contributed by atoms with Crippen molar-refractivity contribution in [1.29, 1.82) is 0 Å². The van der Waals surface area contributed by atoms with Crippen molar-refractivity contribution < 1.29 is 9.32 Å². The lowest BCUT2D eigenvalue weighted by atomic mass is 9.78. The number of aromatic nitrogens is 1. The Hall–Kier alpha value is -1.40. The van der Waals surface area contributed by atoms with Crippen LogP contribution in [0.25, 0.3) is 0 Å². The molecule has 2 heterocycles. The van der Waals surface area contributed by atoms with E-state index in [1.165, 1.54) is 12.8 Å². The molecule has 1 aliphatic heterocycles. The van der Waals surface area contributed by atoms with Crippen LogP contribution in [0.5, 0.6) is 0 Å². The van der Waals surface area contributed by atoms with Crippen LogP contribution in [0, 0.1) is 11.8 Å². The first-order valence-corrected chi connectivity index (χ1v) is 8.58. The molecule has 2 fully saturated rings. The molecular weight excluding hydrogens is 292 g/mol. The van der Waals surface area contributed by atoms with E-state index in [1.807, 2.05) is 0 Å². The molecule has 6 nitrogen and oxygen atoms in total. The van der Waals surface area contributed by atoms with Gasteiger partial charge in [0.1, 0.15) is 0 Å². The van der Waals surface area contributed by atoms with E-state index >= 15 is 0 Å². The number of likely N-dealkylation sites (tertiary alicyclic amines) is 1. The smallest absolute Gasteiger partial charge is 0.240 e. The molecule has 23 heavy (non-hydrogen) atoms. The summed E-state index contributed by atoms with van der Waals surface area (Å²) in [5.74, 6) is 1.58. The van der Waals surface area contributed by atoms with E-state index in [0.717, 1.165) is 25.2 Å².